The Morgan fingerprint density at radius 2 is 2.08 bits per heavy atom. The molecule has 0 heterocycles. The second-order valence-corrected chi connectivity index (χ2v) is 5.05. The van der Waals surface area contributed by atoms with Crippen LogP contribution in [0, 0.1) is 11.3 Å². The van der Waals surface area contributed by atoms with E-state index in [4.69, 9.17) is 0 Å². The van der Waals surface area contributed by atoms with Crippen LogP contribution in [-0.2, 0) is 4.79 Å². The highest BCUT2D eigenvalue weighted by Gasteiger charge is 2.53. The molecule has 0 spiro atoms. The summed E-state index contributed by atoms with van der Waals surface area (Å²) in [6.07, 6.45) is 2.97. The quantitative estimate of drug-likeness (QED) is 0.595. The van der Waals surface area contributed by atoms with Crippen LogP contribution in [0.2, 0.25) is 0 Å². The zero-order chi connectivity index (χ0) is 8.98. The highest BCUT2D eigenvalue weighted by Crippen LogP contribution is 2.52. The normalized spacial score (nSPS) is 44.9. The minimum absolute atomic E-state index is 0.0816. The molecule has 0 aromatic rings. The molecule has 0 radical (unpaired) electrons. The van der Waals surface area contributed by atoms with E-state index < -0.39 is 5.60 Å². The van der Waals surface area contributed by atoms with Crippen molar-refractivity contribution in [3.63, 3.8) is 0 Å². The number of ketones is 1. The van der Waals surface area contributed by atoms with E-state index in [9.17, 15) is 9.90 Å². The number of Topliss-reactive ketones (excluding diaryl/α,β-unsaturated/α-hetero) is 1. The summed E-state index contributed by atoms with van der Waals surface area (Å²) >= 11 is 0. The van der Waals surface area contributed by atoms with Gasteiger partial charge in [0, 0.05) is 6.42 Å². The fourth-order valence-electron chi connectivity index (χ4n) is 2.53. The van der Waals surface area contributed by atoms with Gasteiger partial charge in [-0.1, -0.05) is 13.8 Å². The van der Waals surface area contributed by atoms with Crippen LogP contribution in [0.1, 0.15) is 39.5 Å². The van der Waals surface area contributed by atoms with Crippen molar-refractivity contribution in [2.45, 2.75) is 45.1 Å². The Bertz CT molecular complexity index is 232. The highest BCUT2D eigenvalue weighted by molar-refractivity contribution is 5.89. The maximum absolute atomic E-state index is 11.4. The summed E-state index contributed by atoms with van der Waals surface area (Å²) in [5.41, 5.74) is -0.668. The van der Waals surface area contributed by atoms with E-state index in [1.807, 2.05) is 0 Å². The zero-order valence-electron chi connectivity index (χ0n) is 7.76. The summed E-state index contributed by atoms with van der Waals surface area (Å²) < 4.78 is 0. The molecular weight excluding hydrogens is 152 g/mol. The molecule has 2 aliphatic carbocycles. The van der Waals surface area contributed by atoms with Crippen LogP contribution in [-0.4, -0.2) is 16.5 Å². The summed E-state index contributed by atoms with van der Waals surface area (Å²) in [6.45, 7) is 4.41. The molecule has 0 aromatic heterocycles. The van der Waals surface area contributed by atoms with Crippen molar-refractivity contribution in [2.24, 2.45) is 11.3 Å². The van der Waals surface area contributed by atoms with Gasteiger partial charge in [-0.15, -0.1) is 0 Å². The van der Waals surface area contributed by atoms with E-state index in [1.54, 1.807) is 0 Å². The Morgan fingerprint density at radius 3 is 2.67 bits per heavy atom. The van der Waals surface area contributed by atoms with Gasteiger partial charge in [0.05, 0.1) is 0 Å². The Kier molecular flexibility index (Phi) is 1.45. The van der Waals surface area contributed by atoms with E-state index in [-0.39, 0.29) is 11.2 Å². The maximum Gasteiger partial charge on any atom is 0.164 e. The third-order valence-electron chi connectivity index (χ3n) is 3.82. The summed E-state index contributed by atoms with van der Waals surface area (Å²) in [5.74, 6) is 0.502. The van der Waals surface area contributed by atoms with E-state index in [0.29, 0.717) is 25.2 Å². The number of hydrogen-bond donors (Lipinski definition) is 1. The fraction of sp³-hybridized carbons (Fsp3) is 0.900. The van der Waals surface area contributed by atoms with Gasteiger partial charge in [0.25, 0.3) is 0 Å². The lowest BCUT2D eigenvalue weighted by atomic mass is 9.68. The van der Waals surface area contributed by atoms with Crippen molar-refractivity contribution in [1.82, 2.24) is 0 Å². The smallest absolute Gasteiger partial charge is 0.164 e. The fourth-order valence-corrected chi connectivity index (χ4v) is 2.53. The van der Waals surface area contributed by atoms with Crippen LogP contribution >= 0.6 is 0 Å². The first-order valence-electron chi connectivity index (χ1n) is 4.70. The van der Waals surface area contributed by atoms with Gasteiger partial charge in [0.1, 0.15) is 5.60 Å². The molecule has 2 fully saturated rings. The van der Waals surface area contributed by atoms with Crippen LogP contribution in [0.25, 0.3) is 0 Å². The first kappa shape index (κ1) is 8.24. The predicted octanol–water partition coefficient (Wildman–Crippen LogP) is 1.52. The van der Waals surface area contributed by atoms with E-state index in [2.05, 4.69) is 13.8 Å². The Hall–Kier alpha value is -0.370. The molecule has 2 heteroatoms. The van der Waals surface area contributed by atoms with Crippen LogP contribution in [0.3, 0.4) is 0 Å². The molecule has 0 aliphatic heterocycles. The topological polar surface area (TPSA) is 37.3 Å². The van der Waals surface area contributed by atoms with Crippen LogP contribution in [0.4, 0.5) is 0 Å². The molecule has 2 bridgehead atoms. The molecule has 2 aliphatic rings. The first-order chi connectivity index (χ1) is 5.44. The van der Waals surface area contributed by atoms with Gasteiger partial charge in [-0.25, -0.2) is 0 Å². The maximum atomic E-state index is 11.4. The number of carbonyl (C=O) groups is 1. The largest absolute Gasteiger partial charge is 0.382 e. The molecule has 0 amide bonds. The van der Waals surface area contributed by atoms with Gasteiger partial charge >= 0.3 is 0 Å². The van der Waals surface area contributed by atoms with Crippen molar-refractivity contribution < 1.29 is 9.90 Å². The van der Waals surface area contributed by atoms with Crippen LogP contribution < -0.4 is 0 Å². The van der Waals surface area contributed by atoms with Gasteiger partial charge in [-0.2, -0.15) is 0 Å². The van der Waals surface area contributed by atoms with E-state index in [1.165, 1.54) is 0 Å². The molecule has 2 saturated carbocycles. The molecule has 12 heavy (non-hydrogen) atoms. The molecule has 0 saturated heterocycles. The lowest BCUT2D eigenvalue weighted by Gasteiger charge is -2.38. The number of aliphatic hydroxyl groups is 1. The molecule has 68 valence electrons. The number of carbonyl (C=O) groups excluding carboxylic acids is 1. The standard InChI is InChI=1S/C10H16O2/c1-9(2)3-4-10(12)6-7(9)5-8(10)11/h7,12H,3-6H2,1-2H3. The molecule has 2 unspecified atom stereocenters. The van der Waals surface area contributed by atoms with Gasteiger partial charge in [0.15, 0.2) is 5.78 Å². The Labute approximate surface area is 73.0 Å². The third-order valence-corrected chi connectivity index (χ3v) is 3.82. The molecule has 2 nitrogen and oxygen atoms in total. The van der Waals surface area contributed by atoms with Gasteiger partial charge in [-0.05, 0) is 30.6 Å². The van der Waals surface area contributed by atoms with Crippen molar-refractivity contribution in [3.05, 3.63) is 0 Å². The number of rotatable bonds is 0. The third kappa shape index (κ3) is 0.939. The summed E-state index contributed by atoms with van der Waals surface area (Å²) in [6, 6.07) is 0. The second-order valence-electron chi connectivity index (χ2n) is 5.05. The van der Waals surface area contributed by atoms with Crippen molar-refractivity contribution >= 4 is 5.78 Å². The van der Waals surface area contributed by atoms with E-state index >= 15 is 0 Å². The molecule has 2 rings (SSSR count). The zero-order valence-corrected chi connectivity index (χ0v) is 7.76. The number of hydrogen-bond acceptors (Lipinski definition) is 2. The molecular formula is C10H16O2. The minimum atomic E-state index is -0.930. The Balaban J connectivity index is 2.29. The lowest BCUT2D eigenvalue weighted by molar-refractivity contribution is -0.134. The minimum Gasteiger partial charge on any atom is -0.382 e. The SMILES string of the molecule is CC1(C)CCC2(O)CC1CC2=O. The van der Waals surface area contributed by atoms with Crippen LogP contribution in [0.5, 0.6) is 0 Å². The molecule has 0 aromatic carbocycles. The highest BCUT2D eigenvalue weighted by atomic mass is 16.3. The van der Waals surface area contributed by atoms with Crippen molar-refractivity contribution in [2.75, 3.05) is 0 Å². The predicted molar refractivity (Wildman–Crippen MR) is 45.7 cm³/mol. The monoisotopic (exact) mass is 168 g/mol. The summed E-state index contributed by atoms with van der Waals surface area (Å²) in [7, 11) is 0. The van der Waals surface area contributed by atoms with Gasteiger partial charge in [-0.3, -0.25) is 4.79 Å². The van der Waals surface area contributed by atoms with Crippen molar-refractivity contribution in [1.29, 1.82) is 0 Å². The van der Waals surface area contributed by atoms with Gasteiger partial charge < -0.3 is 5.11 Å². The van der Waals surface area contributed by atoms with E-state index in [0.717, 1.165) is 6.42 Å². The van der Waals surface area contributed by atoms with Crippen molar-refractivity contribution in [3.8, 4) is 0 Å². The average Bonchev–Trinajstić information content (AvgIpc) is 2.22. The first-order valence-corrected chi connectivity index (χ1v) is 4.70. The second kappa shape index (κ2) is 2.11. The molecule has 1 N–H and O–H groups in total. The van der Waals surface area contributed by atoms with Gasteiger partial charge in [0.2, 0.25) is 0 Å². The summed E-state index contributed by atoms with van der Waals surface area (Å²) in [4.78, 5) is 11.4. The average molecular weight is 168 g/mol. The lowest BCUT2D eigenvalue weighted by Crippen LogP contribution is -2.39. The van der Waals surface area contributed by atoms with Crippen LogP contribution in [0.15, 0.2) is 0 Å². The Morgan fingerprint density at radius 1 is 1.42 bits per heavy atom. The summed E-state index contributed by atoms with van der Waals surface area (Å²) in [5, 5.41) is 9.87. The number of fused-ring (bicyclic) bond motifs is 2. The molecule has 2 atom stereocenters.